The molecule has 3 aromatic carbocycles. The predicted molar refractivity (Wildman–Crippen MR) is 136 cm³/mol. The minimum Gasteiger partial charge on any atom is -0.452 e. The van der Waals surface area contributed by atoms with Crippen LogP contribution in [0.2, 0.25) is 0 Å². The fourth-order valence-electron chi connectivity index (χ4n) is 3.54. The number of non-ortho nitro benzene ring substituents is 1. The summed E-state index contributed by atoms with van der Waals surface area (Å²) in [6, 6.07) is 17.9. The molecule has 0 radical (unpaired) electrons. The number of esters is 1. The number of anilines is 3. The first-order chi connectivity index (χ1) is 17.7. The van der Waals surface area contributed by atoms with E-state index in [9.17, 15) is 29.3 Å². The highest BCUT2D eigenvalue weighted by atomic mass is 32.2. The zero-order valence-electron chi connectivity index (χ0n) is 19.2. The molecule has 1 aliphatic rings. The van der Waals surface area contributed by atoms with Gasteiger partial charge in [0, 0.05) is 34.8 Å². The largest absolute Gasteiger partial charge is 0.452 e. The molecule has 0 aliphatic carbocycles. The van der Waals surface area contributed by atoms with E-state index in [1.807, 2.05) is 6.07 Å². The number of carbonyl (C=O) groups is 4. The van der Waals surface area contributed by atoms with E-state index in [2.05, 4.69) is 5.32 Å². The number of nitrogens with zero attached hydrogens (tertiary/aromatic N) is 2. The van der Waals surface area contributed by atoms with Crippen molar-refractivity contribution in [1.29, 1.82) is 0 Å². The Bertz CT molecular complexity index is 1380. The van der Waals surface area contributed by atoms with Gasteiger partial charge in [-0.25, -0.2) is 9.69 Å². The van der Waals surface area contributed by atoms with Gasteiger partial charge in [-0.15, -0.1) is 11.8 Å². The Kier molecular flexibility index (Phi) is 7.49. The molecule has 12 heteroatoms. The number of nitro groups is 1. The van der Waals surface area contributed by atoms with Crippen LogP contribution in [0, 0.1) is 10.1 Å². The fourth-order valence-corrected chi connectivity index (χ4v) is 4.67. The first-order valence-electron chi connectivity index (χ1n) is 10.9. The number of hydrogen-bond donors (Lipinski definition) is 2. The molecule has 37 heavy (non-hydrogen) atoms. The van der Waals surface area contributed by atoms with E-state index in [1.54, 1.807) is 18.2 Å². The van der Waals surface area contributed by atoms with E-state index >= 15 is 0 Å². The average Bonchev–Trinajstić information content (AvgIpc) is 3.15. The van der Waals surface area contributed by atoms with Crippen molar-refractivity contribution >= 4 is 58.2 Å². The first-order valence-corrected chi connectivity index (χ1v) is 11.8. The van der Waals surface area contributed by atoms with Gasteiger partial charge in [0.15, 0.2) is 6.61 Å². The van der Waals surface area contributed by atoms with E-state index in [-0.39, 0.29) is 29.5 Å². The molecule has 3 aromatic rings. The fraction of sp³-hybridized carbons (Fsp3) is 0.120. The Morgan fingerprint density at radius 3 is 2.43 bits per heavy atom. The number of benzene rings is 3. The quantitative estimate of drug-likeness (QED) is 0.149. The molecule has 0 bridgehead atoms. The van der Waals surface area contributed by atoms with E-state index in [1.165, 1.54) is 60.3 Å². The summed E-state index contributed by atoms with van der Waals surface area (Å²) in [4.78, 5) is 61.8. The number of rotatable bonds is 8. The normalized spacial score (nSPS) is 14.9. The molecule has 3 amide bonds. The zero-order valence-corrected chi connectivity index (χ0v) is 20.0. The summed E-state index contributed by atoms with van der Waals surface area (Å²) in [5.41, 5.74) is 6.97. The molecule has 188 valence electrons. The minimum absolute atomic E-state index is 0.0337. The second-order valence-electron chi connectivity index (χ2n) is 7.93. The molecular weight excluding hydrogens is 500 g/mol. The summed E-state index contributed by atoms with van der Waals surface area (Å²) in [6.07, 6.45) is 0.0337. The highest BCUT2D eigenvalue weighted by Gasteiger charge is 2.40. The maximum atomic E-state index is 12.9. The lowest BCUT2D eigenvalue weighted by Crippen LogP contribution is -2.31. The first kappa shape index (κ1) is 25.4. The van der Waals surface area contributed by atoms with Gasteiger partial charge in [0.2, 0.25) is 11.8 Å². The number of ether oxygens (including phenoxy) is 1. The molecule has 0 aromatic heterocycles. The SMILES string of the molecule is Nc1cccc(SC2CC(=O)N(c3ccc(C(=O)OCC(=O)Nc4ccc([N+](=O)[O-])cc4)cc3)C2=O)c1. The smallest absolute Gasteiger partial charge is 0.338 e. The van der Waals surface area contributed by atoms with Gasteiger partial charge in [-0.3, -0.25) is 24.5 Å². The molecule has 11 nitrogen and oxygen atoms in total. The third-order valence-corrected chi connectivity index (χ3v) is 6.48. The number of imide groups is 1. The highest BCUT2D eigenvalue weighted by molar-refractivity contribution is 8.00. The monoisotopic (exact) mass is 520 g/mol. The van der Waals surface area contributed by atoms with Crippen LogP contribution >= 0.6 is 11.8 Å². The average molecular weight is 521 g/mol. The lowest BCUT2D eigenvalue weighted by Gasteiger charge is -2.15. The molecule has 0 spiro atoms. The van der Waals surface area contributed by atoms with Gasteiger partial charge in [-0.2, -0.15) is 0 Å². The van der Waals surface area contributed by atoms with Crippen LogP contribution in [0.3, 0.4) is 0 Å². The van der Waals surface area contributed by atoms with Gasteiger partial charge in [0.1, 0.15) is 0 Å². The van der Waals surface area contributed by atoms with Gasteiger partial charge < -0.3 is 15.8 Å². The highest BCUT2D eigenvalue weighted by Crippen LogP contribution is 2.34. The molecule has 1 atom stereocenters. The van der Waals surface area contributed by atoms with Crippen molar-refractivity contribution in [2.24, 2.45) is 0 Å². The van der Waals surface area contributed by atoms with E-state index in [0.29, 0.717) is 17.1 Å². The topological polar surface area (TPSA) is 162 Å². The number of nitro benzene ring substituents is 1. The van der Waals surface area contributed by atoms with Crippen molar-refractivity contribution in [2.75, 3.05) is 22.6 Å². The lowest BCUT2D eigenvalue weighted by molar-refractivity contribution is -0.384. The third-order valence-electron chi connectivity index (χ3n) is 5.30. The van der Waals surface area contributed by atoms with Gasteiger partial charge in [0.25, 0.3) is 11.6 Å². The number of nitrogens with two attached hydrogens (primary N) is 1. The summed E-state index contributed by atoms with van der Waals surface area (Å²) in [6.45, 7) is -0.580. The number of thioether (sulfide) groups is 1. The van der Waals surface area contributed by atoms with Gasteiger partial charge in [-0.1, -0.05) is 6.07 Å². The molecule has 1 saturated heterocycles. The summed E-state index contributed by atoms with van der Waals surface area (Å²) in [5.74, 6) is -2.13. The number of carbonyl (C=O) groups excluding carboxylic acids is 4. The van der Waals surface area contributed by atoms with Crippen molar-refractivity contribution in [3.05, 3.63) is 88.5 Å². The van der Waals surface area contributed by atoms with Crippen LogP contribution in [0.5, 0.6) is 0 Å². The van der Waals surface area contributed by atoms with Crippen LogP contribution in [0.4, 0.5) is 22.7 Å². The second kappa shape index (κ2) is 10.9. The van der Waals surface area contributed by atoms with E-state index < -0.39 is 28.7 Å². The zero-order chi connectivity index (χ0) is 26.5. The molecule has 4 rings (SSSR count). The molecule has 3 N–H and O–H groups in total. The van der Waals surface area contributed by atoms with E-state index in [0.717, 1.165) is 9.80 Å². The molecule has 1 unspecified atom stereocenters. The third kappa shape index (κ3) is 6.11. The summed E-state index contributed by atoms with van der Waals surface area (Å²) < 4.78 is 5.00. The van der Waals surface area contributed by atoms with Crippen molar-refractivity contribution < 1.29 is 28.8 Å². The molecule has 1 aliphatic heterocycles. The maximum absolute atomic E-state index is 12.9. The van der Waals surface area contributed by atoms with Crippen molar-refractivity contribution in [1.82, 2.24) is 0 Å². The number of hydrogen-bond acceptors (Lipinski definition) is 9. The number of amides is 3. The second-order valence-corrected chi connectivity index (χ2v) is 9.20. The van der Waals surface area contributed by atoms with Crippen LogP contribution in [0.25, 0.3) is 0 Å². The number of nitrogen functional groups attached to an aromatic ring is 1. The van der Waals surface area contributed by atoms with Gasteiger partial charge in [0.05, 0.1) is 21.4 Å². The van der Waals surface area contributed by atoms with Crippen molar-refractivity contribution in [2.45, 2.75) is 16.6 Å². The van der Waals surface area contributed by atoms with Crippen LogP contribution in [-0.2, 0) is 19.1 Å². The minimum atomic E-state index is -0.778. The van der Waals surface area contributed by atoms with Crippen molar-refractivity contribution in [3.8, 4) is 0 Å². The van der Waals surface area contributed by atoms with Gasteiger partial charge in [-0.05, 0) is 54.6 Å². The molecule has 1 heterocycles. The predicted octanol–water partition coefficient (Wildman–Crippen LogP) is 3.40. The Labute approximate surface area is 214 Å². The van der Waals surface area contributed by atoms with Crippen LogP contribution in [-0.4, -0.2) is 40.5 Å². The standard InChI is InChI=1S/C25H20N4O7S/c26-16-2-1-3-20(12-16)37-21-13-23(31)28(24(21)32)18-8-4-15(5-9-18)25(33)36-14-22(30)27-17-6-10-19(11-7-17)29(34)35/h1-12,21H,13-14,26H2,(H,27,30). The van der Waals surface area contributed by atoms with Crippen LogP contribution in [0.1, 0.15) is 16.8 Å². The Hall–Kier alpha value is -4.71. The number of nitrogens with one attached hydrogen (secondary N) is 1. The Balaban J connectivity index is 1.32. The lowest BCUT2D eigenvalue weighted by atomic mass is 10.2. The Morgan fingerprint density at radius 2 is 1.78 bits per heavy atom. The molecular formula is C25H20N4O7S. The van der Waals surface area contributed by atoms with E-state index in [4.69, 9.17) is 10.5 Å². The summed E-state index contributed by atoms with van der Waals surface area (Å²) in [5, 5.41) is 12.6. The molecule has 0 saturated carbocycles. The Morgan fingerprint density at radius 1 is 1.08 bits per heavy atom. The molecule has 1 fully saturated rings. The van der Waals surface area contributed by atoms with Crippen LogP contribution < -0.4 is 16.0 Å². The summed E-state index contributed by atoms with van der Waals surface area (Å²) >= 11 is 1.26. The summed E-state index contributed by atoms with van der Waals surface area (Å²) in [7, 11) is 0. The van der Waals surface area contributed by atoms with Gasteiger partial charge >= 0.3 is 5.97 Å². The maximum Gasteiger partial charge on any atom is 0.338 e. The van der Waals surface area contributed by atoms with Crippen molar-refractivity contribution in [3.63, 3.8) is 0 Å². The van der Waals surface area contributed by atoms with Crippen LogP contribution in [0.15, 0.2) is 77.7 Å².